The SMILES string of the molecule is Cc1cccc(C=CC(=O)N2CCCC(C)(C(=O)O)C2)c1. The van der Waals surface area contributed by atoms with Crippen molar-refractivity contribution < 1.29 is 14.7 Å². The van der Waals surface area contributed by atoms with Gasteiger partial charge in [-0.3, -0.25) is 9.59 Å². The number of benzene rings is 1. The van der Waals surface area contributed by atoms with E-state index in [1.807, 2.05) is 31.2 Å². The van der Waals surface area contributed by atoms with Gasteiger partial charge in [-0.25, -0.2) is 0 Å². The van der Waals surface area contributed by atoms with Gasteiger partial charge in [0.15, 0.2) is 0 Å². The molecule has 2 rings (SSSR count). The third kappa shape index (κ3) is 3.72. The van der Waals surface area contributed by atoms with Crippen LogP contribution in [0.15, 0.2) is 30.3 Å². The Morgan fingerprint density at radius 3 is 2.81 bits per heavy atom. The van der Waals surface area contributed by atoms with Gasteiger partial charge in [-0.05, 0) is 38.3 Å². The molecule has 0 spiro atoms. The molecule has 1 unspecified atom stereocenters. The van der Waals surface area contributed by atoms with E-state index in [4.69, 9.17) is 0 Å². The van der Waals surface area contributed by atoms with Crippen molar-refractivity contribution in [2.45, 2.75) is 26.7 Å². The van der Waals surface area contributed by atoms with Crippen LogP contribution in [0, 0.1) is 12.3 Å². The zero-order valence-corrected chi connectivity index (χ0v) is 12.5. The number of hydrogen-bond donors (Lipinski definition) is 1. The van der Waals surface area contributed by atoms with Gasteiger partial charge in [-0.2, -0.15) is 0 Å². The highest BCUT2D eigenvalue weighted by Crippen LogP contribution is 2.29. The molecule has 0 saturated carbocycles. The summed E-state index contributed by atoms with van der Waals surface area (Å²) in [6.07, 6.45) is 4.66. The number of carboxylic acid groups (broad SMARTS) is 1. The van der Waals surface area contributed by atoms with Gasteiger partial charge in [0.1, 0.15) is 0 Å². The predicted octanol–water partition coefficient (Wildman–Crippen LogP) is 2.72. The molecule has 1 atom stereocenters. The number of aliphatic carboxylic acids is 1. The van der Waals surface area contributed by atoms with Gasteiger partial charge in [0, 0.05) is 19.2 Å². The second-order valence-corrected chi connectivity index (χ2v) is 5.98. The molecule has 21 heavy (non-hydrogen) atoms. The fourth-order valence-electron chi connectivity index (χ4n) is 2.65. The van der Waals surface area contributed by atoms with Crippen LogP contribution in [0.2, 0.25) is 0 Å². The number of amides is 1. The first kappa shape index (κ1) is 15.3. The molecule has 112 valence electrons. The second kappa shape index (κ2) is 6.12. The quantitative estimate of drug-likeness (QED) is 0.870. The summed E-state index contributed by atoms with van der Waals surface area (Å²) >= 11 is 0. The number of carbonyl (C=O) groups is 2. The number of piperidine rings is 1. The Morgan fingerprint density at radius 1 is 1.38 bits per heavy atom. The lowest BCUT2D eigenvalue weighted by Crippen LogP contribution is -2.47. The number of likely N-dealkylation sites (tertiary alicyclic amines) is 1. The highest BCUT2D eigenvalue weighted by molar-refractivity contribution is 5.92. The monoisotopic (exact) mass is 287 g/mol. The van der Waals surface area contributed by atoms with E-state index in [2.05, 4.69) is 0 Å². The summed E-state index contributed by atoms with van der Waals surface area (Å²) in [6, 6.07) is 7.89. The fourth-order valence-corrected chi connectivity index (χ4v) is 2.65. The Morgan fingerprint density at radius 2 is 2.14 bits per heavy atom. The average Bonchev–Trinajstić information content (AvgIpc) is 2.45. The molecule has 1 amide bonds. The zero-order valence-electron chi connectivity index (χ0n) is 12.5. The lowest BCUT2D eigenvalue weighted by Gasteiger charge is -2.37. The molecule has 0 bridgehead atoms. The predicted molar refractivity (Wildman–Crippen MR) is 81.8 cm³/mol. The summed E-state index contributed by atoms with van der Waals surface area (Å²) in [5.41, 5.74) is 1.29. The Kier molecular flexibility index (Phi) is 4.46. The zero-order chi connectivity index (χ0) is 15.5. The van der Waals surface area contributed by atoms with E-state index in [-0.39, 0.29) is 12.5 Å². The van der Waals surface area contributed by atoms with E-state index in [1.165, 1.54) is 6.08 Å². The first-order chi connectivity index (χ1) is 9.90. The maximum absolute atomic E-state index is 12.2. The largest absolute Gasteiger partial charge is 0.481 e. The van der Waals surface area contributed by atoms with Crippen molar-refractivity contribution in [2.75, 3.05) is 13.1 Å². The average molecular weight is 287 g/mol. The van der Waals surface area contributed by atoms with Crippen LogP contribution in [0.1, 0.15) is 30.9 Å². The van der Waals surface area contributed by atoms with Gasteiger partial charge >= 0.3 is 5.97 Å². The second-order valence-electron chi connectivity index (χ2n) is 5.98. The van der Waals surface area contributed by atoms with Crippen LogP contribution in [0.3, 0.4) is 0 Å². The third-order valence-electron chi connectivity index (χ3n) is 3.98. The van der Waals surface area contributed by atoms with Gasteiger partial charge in [0.2, 0.25) is 5.91 Å². The van der Waals surface area contributed by atoms with Gasteiger partial charge in [0.05, 0.1) is 5.41 Å². The minimum absolute atomic E-state index is 0.122. The van der Waals surface area contributed by atoms with Gasteiger partial charge in [-0.1, -0.05) is 29.8 Å². The molecule has 1 heterocycles. The van der Waals surface area contributed by atoms with Crippen molar-refractivity contribution in [3.05, 3.63) is 41.5 Å². The van der Waals surface area contributed by atoms with Gasteiger partial charge in [0.25, 0.3) is 0 Å². The molecule has 1 aliphatic rings. The van der Waals surface area contributed by atoms with Crippen molar-refractivity contribution in [2.24, 2.45) is 5.41 Å². The Bertz CT molecular complexity index is 579. The van der Waals surface area contributed by atoms with E-state index >= 15 is 0 Å². The first-order valence-corrected chi connectivity index (χ1v) is 7.18. The van der Waals surface area contributed by atoms with E-state index in [1.54, 1.807) is 17.9 Å². The summed E-state index contributed by atoms with van der Waals surface area (Å²) in [5, 5.41) is 9.28. The van der Waals surface area contributed by atoms with E-state index in [0.717, 1.165) is 17.5 Å². The molecule has 0 aromatic heterocycles. The lowest BCUT2D eigenvalue weighted by molar-refractivity contribution is -0.152. The maximum Gasteiger partial charge on any atom is 0.311 e. The lowest BCUT2D eigenvalue weighted by atomic mass is 9.82. The van der Waals surface area contributed by atoms with Crippen LogP contribution in [-0.2, 0) is 9.59 Å². The fraction of sp³-hybridized carbons (Fsp3) is 0.412. The summed E-state index contributed by atoms with van der Waals surface area (Å²) < 4.78 is 0. The number of rotatable bonds is 3. The van der Waals surface area contributed by atoms with Crippen molar-refractivity contribution >= 4 is 18.0 Å². The minimum atomic E-state index is -0.831. The van der Waals surface area contributed by atoms with E-state index in [0.29, 0.717) is 13.0 Å². The molecule has 0 radical (unpaired) electrons. The normalized spacial score (nSPS) is 22.5. The molecule has 1 aromatic carbocycles. The highest BCUT2D eigenvalue weighted by atomic mass is 16.4. The number of aryl methyl sites for hydroxylation is 1. The molecular formula is C17H21NO3. The standard InChI is InChI=1S/C17H21NO3/c1-13-5-3-6-14(11-13)7-8-15(19)18-10-4-9-17(2,12-18)16(20)21/h3,5-8,11H,4,9-10,12H2,1-2H3,(H,20,21). The minimum Gasteiger partial charge on any atom is -0.481 e. The van der Waals surface area contributed by atoms with Crippen LogP contribution in [-0.4, -0.2) is 35.0 Å². The Labute approximate surface area is 125 Å². The Balaban J connectivity index is 2.05. The van der Waals surface area contributed by atoms with Gasteiger partial charge in [-0.15, -0.1) is 0 Å². The molecule has 1 fully saturated rings. The third-order valence-corrected chi connectivity index (χ3v) is 3.98. The highest BCUT2D eigenvalue weighted by Gasteiger charge is 2.38. The molecule has 4 heteroatoms. The maximum atomic E-state index is 12.2. The Hall–Kier alpha value is -2.10. The molecule has 1 saturated heterocycles. The number of hydrogen-bond acceptors (Lipinski definition) is 2. The molecular weight excluding hydrogens is 266 g/mol. The van der Waals surface area contributed by atoms with Crippen LogP contribution in [0.4, 0.5) is 0 Å². The van der Waals surface area contributed by atoms with Crippen LogP contribution >= 0.6 is 0 Å². The summed E-state index contributed by atoms with van der Waals surface area (Å²) in [6.45, 7) is 4.61. The smallest absolute Gasteiger partial charge is 0.311 e. The summed E-state index contributed by atoms with van der Waals surface area (Å²) in [5.74, 6) is -0.952. The summed E-state index contributed by atoms with van der Waals surface area (Å²) in [4.78, 5) is 25.1. The molecule has 0 aliphatic carbocycles. The number of carboxylic acids is 1. The number of nitrogens with zero attached hydrogens (tertiary/aromatic N) is 1. The number of carbonyl (C=O) groups excluding carboxylic acids is 1. The topological polar surface area (TPSA) is 57.6 Å². The molecule has 1 aliphatic heterocycles. The van der Waals surface area contributed by atoms with Crippen molar-refractivity contribution in [3.63, 3.8) is 0 Å². The van der Waals surface area contributed by atoms with E-state index < -0.39 is 11.4 Å². The van der Waals surface area contributed by atoms with Crippen LogP contribution in [0.25, 0.3) is 6.08 Å². The van der Waals surface area contributed by atoms with Crippen molar-refractivity contribution in [1.29, 1.82) is 0 Å². The molecule has 1 aromatic rings. The van der Waals surface area contributed by atoms with Crippen molar-refractivity contribution in [1.82, 2.24) is 4.90 Å². The van der Waals surface area contributed by atoms with Gasteiger partial charge < -0.3 is 10.0 Å². The van der Waals surface area contributed by atoms with Crippen molar-refractivity contribution in [3.8, 4) is 0 Å². The molecule has 1 N–H and O–H groups in total. The molecule has 4 nitrogen and oxygen atoms in total. The summed E-state index contributed by atoms with van der Waals surface area (Å²) in [7, 11) is 0. The van der Waals surface area contributed by atoms with Crippen LogP contribution in [0.5, 0.6) is 0 Å². The van der Waals surface area contributed by atoms with Crippen LogP contribution < -0.4 is 0 Å². The van der Waals surface area contributed by atoms with E-state index in [9.17, 15) is 14.7 Å². The first-order valence-electron chi connectivity index (χ1n) is 7.18.